The van der Waals surface area contributed by atoms with Gasteiger partial charge in [-0.25, -0.2) is 19.5 Å². The van der Waals surface area contributed by atoms with Crippen LogP contribution in [-0.4, -0.2) is 86.8 Å². The molecule has 4 aliphatic rings. The number of rotatable bonds is 6. The lowest BCUT2D eigenvalue weighted by molar-refractivity contribution is -0.117. The minimum atomic E-state index is 0.0252. The number of anilines is 3. The van der Waals surface area contributed by atoms with Crippen molar-refractivity contribution in [2.24, 2.45) is 5.92 Å². The zero-order valence-electron chi connectivity index (χ0n) is 21.9. The first-order valence-electron chi connectivity index (χ1n) is 13.9. The summed E-state index contributed by atoms with van der Waals surface area (Å²) >= 11 is 0. The van der Waals surface area contributed by atoms with Gasteiger partial charge < -0.3 is 20.3 Å². The Balaban J connectivity index is 1.11. The number of nitrogens with zero attached hydrogens (tertiary/aromatic N) is 7. The molecule has 2 N–H and O–H groups in total. The zero-order chi connectivity index (χ0) is 26.1. The van der Waals surface area contributed by atoms with Crippen LogP contribution in [0.3, 0.4) is 0 Å². The van der Waals surface area contributed by atoms with Crippen LogP contribution in [0.4, 0.5) is 17.3 Å². The number of morpholine rings is 2. The predicted octanol–water partition coefficient (Wildman–Crippen LogP) is 2.78. The molecular weight excluding hydrogens is 494 g/mol. The number of ether oxygens (including phenoxy) is 1. The van der Waals surface area contributed by atoms with Crippen molar-refractivity contribution in [3.63, 3.8) is 0 Å². The van der Waals surface area contributed by atoms with Crippen molar-refractivity contribution in [2.45, 2.75) is 43.9 Å². The van der Waals surface area contributed by atoms with E-state index >= 15 is 0 Å². The summed E-state index contributed by atoms with van der Waals surface area (Å²) in [5, 5.41) is 12.7. The minimum Gasteiger partial charge on any atom is -0.373 e. The van der Waals surface area contributed by atoms with Gasteiger partial charge in [0.25, 0.3) is 0 Å². The van der Waals surface area contributed by atoms with Crippen molar-refractivity contribution in [1.82, 2.24) is 29.5 Å². The Hall–Kier alpha value is -3.83. The molecule has 6 heterocycles. The van der Waals surface area contributed by atoms with E-state index in [1.165, 1.54) is 12.8 Å². The number of carbonyl (C=O) groups excluding carboxylic acids is 1. The van der Waals surface area contributed by atoms with Crippen molar-refractivity contribution in [2.75, 3.05) is 48.8 Å². The van der Waals surface area contributed by atoms with Gasteiger partial charge in [-0.15, -0.1) is 5.10 Å². The molecule has 0 aromatic carbocycles. The Kier molecular flexibility index (Phi) is 5.24. The van der Waals surface area contributed by atoms with Crippen LogP contribution < -0.4 is 15.5 Å². The van der Waals surface area contributed by atoms with E-state index in [0.717, 1.165) is 72.7 Å². The lowest BCUT2D eigenvalue weighted by atomic mass is 10.1. The molecule has 1 amide bonds. The minimum absolute atomic E-state index is 0.0252. The number of hydrogen-bond acceptors (Lipinski definition) is 9. The summed E-state index contributed by atoms with van der Waals surface area (Å²) in [6.07, 6.45) is 10.6. The summed E-state index contributed by atoms with van der Waals surface area (Å²) < 4.78 is 8.13. The summed E-state index contributed by atoms with van der Waals surface area (Å²) in [4.78, 5) is 31.3. The highest BCUT2D eigenvalue weighted by molar-refractivity contribution is 6.03. The molecule has 2 unspecified atom stereocenters. The number of nitrogens with one attached hydrogen (secondary N) is 2. The van der Waals surface area contributed by atoms with E-state index in [0.29, 0.717) is 17.5 Å². The second-order valence-corrected chi connectivity index (χ2v) is 11.2. The van der Waals surface area contributed by atoms with Crippen molar-refractivity contribution in [3.05, 3.63) is 36.8 Å². The largest absolute Gasteiger partial charge is 0.373 e. The van der Waals surface area contributed by atoms with E-state index < -0.39 is 0 Å². The second kappa shape index (κ2) is 8.85. The molecular formula is C28H31N9O2. The molecule has 200 valence electrons. The number of pyridine rings is 3. The molecule has 39 heavy (non-hydrogen) atoms. The maximum atomic E-state index is 12.4. The van der Waals surface area contributed by atoms with E-state index in [-0.39, 0.29) is 24.0 Å². The third-order valence-corrected chi connectivity index (χ3v) is 8.30. The topological polar surface area (TPSA) is 113 Å². The molecule has 2 bridgehead atoms. The number of amides is 1. The van der Waals surface area contributed by atoms with E-state index in [9.17, 15) is 4.79 Å². The molecule has 2 saturated heterocycles. The SMILES string of the molecule is CNc1ncc(-c2nc3ccc(N4CC5CN(C6CC6)CC(C4)O5)cn3n2)c2cc(NC(=O)C3CC3)ncc12. The van der Waals surface area contributed by atoms with Gasteiger partial charge in [0.1, 0.15) is 11.6 Å². The molecule has 2 saturated carbocycles. The van der Waals surface area contributed by atoms with Gasteiger partial charge in [-0.2, -0.15) is 0 Å². The standard InChI is InChI=1S/C28H31N9O2/c1-29-26-22-9-30-24(32-28(38)16-2-3-16)8-21(22)23(10-31-26)27-33-25-7-6-18(11-37(25)34-27)36-14-19-12-35(17-4-5-17)13-20(15-36)39-19/h6-11,16-17,19-20H,2-5,12-15H2,1H3,(H,29,31)(H,30,32,38). The van der Waals surface area contributed by atoms with Gasteiger partial charge in [0.05, 0.1) is 24.1 Å². The molecule has 4 aromatic rings. The highest BCUT2D eigenvalue weighted by Gasteiger charge is 2.40. The Morgan fingerprint density at radius 3 is 2.56 bits per heavy atom. The second-order valence-electron chi connectivity index (χ2n) is 11.2. The van der Waals surface area contributed by atoms with Crippen molar-refractivity contribution >= 4 is 39.6 Å². The first-order chi connectivity index (χ1) is 19.1. The van der Waals surface area contributed by atoms with Gasteiger partial charge in [-0.1, -0.05) is 0 Å². The Morgan fingerprint density at radius 2 is 1.82 bits per heavy atom. The fourth-order valence-electron chi connectivity index (χ4n) is 6.00. The van der Waals surface area contributed by atoms with Crippen LogP contribution in [0.2, 0.25) is 0 Å². The summed E-state index contributed by atoms with van der Waals surface area (Å²) in [7, 11) is 1.83. The molecule has 4 fully saturated rings. The van der Waals surface area contributed by atoms with Crippen LogP contribution in [-0.2, 0) is 9.53 Å². The molecule has 2 aliphatic heterocycles. The monoisotopic (exact) mass is 525 g/mol. The van der Waals surface area contributed by atoms with E-state index in [2.05, 4.69) is 42.7 Å². The molecule has 11 nitrogen and oxygen atoms in total. The van der Waals surface area contributed by atoms with Crippen LogP contribution in [0, 0.1) is 5.92 Å². The molecule has 11 heteroatoms. The van der Waals surface area contributed by atoms with Crippen molar-refractivity contribution in [1.29, 1.82) is 0 Å². The fourth-order valence-corrected chi connectivity index (χ4v) is 6.00. The van der Waals surface area contributed by atoms with Crippen LogP contribution in [0.25, 0.3) is 27.8 Å². The number of aromatic nitrogens is 5. The smallest absolute Gasteiger partial charge is 0.228 e. The number of hydrogen-bond donors (Lipinski definition) is 2. The Labute approximate surface area is 225 Å². The fraction of sp³-hybridized carbons (Fsp3) is 0.464. The Morgan fingerprint density at radius 1 is 1.00 bits per heavy atom. The number of carbonyl (C=O) groups is 1. The molecule has 4 aromatic heterocycles. The quantitative estimate of drug-likeness (QED) is 0.392. The van der Waals surface area contributed by atoms with E-state index in [4.69, 9.17) is 14.8 Å². The summed E-state index contributed by atoms with van der Waals surface area (Å²) in [6.45, 7) is 3.81. The Bertz CT molecular complexity index is 1580. The molecule has 8 rings (SSSR count). The van der Waals surface area contributed by atoms with Gasteiger partial charge in [0, 0.05) is 73.9 Å². The third-order valence-electron chi connectivity index (χ3n) is 8.30. The van der Waals surface area contributed by atoms with Crippen LogP contribution in [0.1, 0.15) is 25.7 Å². The normalized spacial score (nSPS) is 23.4. The number of fused-ring (bicyclic) bond motifs is 4. The molecule has 2 aliphatic carbocycles. The first kappa shape index (κ1) is 23.1. The van der Waals surface area contributed by atoms with Crippen LogP contribution in [0.5, 0.6) is 0 Å². The van der Waals surface area contributed by atoms with Gasteiger partial charge in [0.2, 0.25) is 5.91 Å². The molecule has 2 atom stereocenters. The highest BCUT2D eigenvalue weighted by atomic mass is 16.5. The van der Waals surface area contributed by atoms with Crippen molar-refractivity contribution < 1.29 is 9.53 Å². The maximum Gasteiger partial charge on any atom is 0.228 e. The van der Waals surface area contributed by atoms with Crippen molar-refractivity contribution in [3.8, 4) is 11.4 Å². The average molecular weight is 526 g/mol. The summed E-state index contributed by atoms with van der Waals surface area (Å²) in [6, 6.07) is 6.82. The third kappa shape index (κ3) is 4.25. The lowest BCUT2D eigenvalue weighted by Gasteiger charge is -2.46. The van der Waals surface area contributed by atoms with Crippen LogP contribution >= 0.6 is 0 Å². The predicted molar refractivity (Wildman–Crippen MR) is 148 cm³/mol. The zero-order valence-corrected chi connectivity index (χ0v) is 21.9. The van der Waals surface area contributed by atoms with Crippen LogP contribution in [0.15, 0.2) is 36.8 Å². The summed E-state index contributed by atoms with van der Waals surface area (Å²) in [5.41, 5.74) is 2.68. The van der Waals surface area contributed by atoms with E-state index in [1.807, 2.05) is 23.7 Å². The van der Waals surface area contributed by atoms with E-state index in [1.54, 1.807) is 12.4 Å². The molecule has 0 radical (unpaired) electrons. The lowest BCUT2D eigenvalue weighted by Crippen LogP contribution is -2.60. The van der Waals surface area contributed by atoms with Gasteiger partial charge in [-0.3, -0.25) is 9.69 Å². The summed E-state index contributed by atoms with van der Waals surface area (Å²) in [5.74, 6) is 1.95. The average Bonchev–Trinajstić information content (AvgIpc) is 3.87. The van der Waals surface area contributed by atoms with Gasteiger partial charge in [0.15, 0.2) is 11.5 Å². The molecule has 0 spiro atoms. The highest BCUT2D eigenvalue weighted by Crippen LogP contribution is 2.35. The van der Waals surface area contributed by atoms with Gasteiger partial charge >= 0.3 is 0 Å². The first-order valence-corrected chi connectivity index (χ1v) is 13.9. The van der Waals surface area contributed by atoms with Gasteiger partial charge in [-0.05, 0) is 43.9 Å². The maximum absolute atomic E-state index is 12.4.